The third kappa shape index (κ3) is 1.42. The van der Waals surface area contributed by atoms with Gasteiger partial charge in [-0.3, -0.25) is 14.9 Å². The monoisotopic (exact) mass is 211 g/mol. The maximum atomic E-state index is 10.9. The van der Waals surface area contributed by atoms with Gasteiger partial charge in [0.2, 0.25) is 5.75 Å². The van der Waals surface area contributed by atoms with Crippen molar-refractivity contribution in [1.82, 2.24) is 5.64 Å². The van der Waals surface area contributed by atoms with E-state index < -0.39 is 16.5 Å². The number of rotatable bonds is 2. The Morgan fingerprint density at radius 2 is 2.00 bits per heavy atom. The smallest absolute Gasteiger partial charge is 0.286 e. The van der Waals surface area contributed by atoms with Gasteiger partial charge < -0.3 is 15.4 Å². The van der Waals surface area contributed by atoms with Crippen molar-refractivity contribution < 1.29 is 19.4 Å². The van der Waals surface area contributed by atoms with Crippen LogP contribution in [0.4, 0.5) is 5.69 Å². The molecule has 0 unspecified atom stereocenters. The van der Waals surface area contributed by atoms with Crippen molar-refractivity contribution in [1.29, 1.82) is 0 Å². The van der Waals surface area contributed by atoms with Gasteiger partial charge in [0.25, 0.3) is 11.6 Å². The van der Waals surface area contributed by atoms with Gasteiger partial charge in [-0.1, -0.05) is 0 Å². The van der Waals surface area contributed by atoms with Crippen LogP contribution in [-0.2, 0) is 0 Å². The highest BCUT2D eigenvalue weighted by Gasteiger charge is 2.26. The van der Waals surface area contributed by atoms with Crippen molar-refractivity contribution in [2.24, 2.45) is 5.73 Å². The highest BCUT2D eigenvalue weighted by Crippen LogP contribution is 2.36. The molecule has 0 atom stereocenters. The van der Waals surface area contributed by atoms with E-state index in [9.17, 15) is 14.9 Å². The highest BCUT2D eigenvalue weighted by molar-refractivity contribution is 5.97. The van der Waals surface area contributed by atoms with Crippen LogP contribution in [0.25, 0.3) is 0 Å². The van der Waals surface area contributed by atoms with Crippen LogP contribution in [0.15, 0.2) is 12.1 Å². The minimum Gasteiger partial charge on any atom is -0.370 e. The molecule has 0 spiro atoms. The van der Waals surface area contributed by atoms with Crippen LogP contribution in [0.5, 0.6) is 11.5 Å². The first-order chi connectivity index (χ1) is 7.09. The largest absolute Gasteiger partial charge is 0.370 e. The van der Waals surface area contributed by atoms with Crippen LogP contribution >= 0.6 is 0 Å². The van der Waals surface area contributed by atoms with Gasteiger partial charge in [0, 0.05) is 11.7 Å². The molecule has 0 bridgehead atoms. The number of carbonyl (C=O) groups excluding carboxylic acids is 1. The summed E-state index contributed by atoms with van der Waals surface area (Å²) in [5.41, 5.74) is 6.38. The average Bonchev–Trinajstić information content (AvgIpc) is 2.61. The first-order valence-corrected chi connectivity index (χ1v) is 3.80. The van der Waals surface area contributed by atoms with E-state index in [1.54, 1.807) is 0 Å². The third-order valence-corrected chi connectivity index (χ3v) is 1.83. The molecule has 8 nitrogen and oxygen atoms in total. The number of nitrogens with zero attached hydrogens (tertiary/aromatic N) is 1. The molecule has 1 aromatic carbocycles. The molecule has 8 heteroatoms. The van der Waals surface area contributed by atoms with E-state index in [4.69, 9.17) is 15.4 Å². The fourth-order valence-corrected chi connectivity index (χ4v) is 1.17. The summed E-state index contributed by atoms with van der Waals surface area (Å²) in [6.07, 6.45) is 0. The lowest BCUT2D eigenvalue weighted by molar-refractivity contribution is -0.385. The topological polar surface area (TPSA) is 117 Å². The van der Waals surface area contributed by atoms with Gasteiger partial charge in [-0.2, -0.15) is 0 Å². The Kier molecular flexibility index (Phi) is 1.90. The Labute approximate surface area is 82.6 Å². The Morgan fingerprint density at radius 3 is 2.53 bits per heavy atom. The first kappa shape index (κ1) is 9.21. The maximum absolute atomic E-state index is 10.9. The normalized spacial score (nSPS) is 12.5. The lowest BCUT2D eigenvalue weighted by atomic mass is 10.1. The second-order valence-electron chi connectivity index (χ2n) is 2.72. The van der Waals surface area contributed by atoms with E-state index in [2.05, 4.69) is 0 Å². The van der Waals surface area contributed by atoms with Crippen molar-refractivity contribution >= 4 is 11.6 Å². The summed E-state index contributed by atoms with van der Waals surface area (Å²) in [5, 5.41) is 10.6. The zero-order valence-corrected chi connectivity index (χ0v) is 7.22. The Morgan fingerprint density at radius 1 is 1.40 bits per heavy atom. The highest BCUT2D eigenvalue weighted by atomic mass is 16.9. The van der Waals surface area contributed by atoms with E-state index in [1.807, 2.05) is 5.64 Å². The van der Waals surface area contributed by atoms with Crippen LogP contribution in [-0.4, -0.2) is 10.8 Å². The standard InChI is InChI=1S/C7H5N3O5/c8-7(11)3-1-5-6(15-9-14-5)2-4(3)10(12)13/h1-2,9H,(H2,8,11). The molecule has 0 aliphatic carbocycles. The lowest BCUT2D eigenvalue weighted by Gasteiger charge is -1.99. The molecular formula is C7H5N3O5. The number of nitrogens with one attached hydrogen (secondary N) is 1. The van der Waals surface area contributed by atoms with Crippen molar-refractivity contribution in [2.75, 3.05) is 0 Å². The quantitative estimate of drug-likeness (QED) is 0.520. The molecule has 0 aromatic heterocycles. The van der Waals surface area contributed by atoms with Gasteiger partial charge in [-0.15, -0.1) is 0 Å². The molecule has 1 aliphatic heterocycles. The van der Waals surface area contributed by atoms with E-state index in [1.165, 1.54) is 0 Å². The number of hydrogen-bond donors (Lipinski definition) is 2. The number of hydrogen-bond acceptors (Lipinski definition) is 6. The number of nitro benzene ring substituents is 1. The molecule has 1 aliphatic rings. The maximum Gasteiger partial charge on any atom is 0.286 e. The number of primary amides is 1. The summed E-state index contributed by atoms with van der Waals surface area (Å²) in [4.78, 5) is 30.2. The van der Waals surface area contributed by atoms with Crippen molar-refractivity contribution in [3.8, 4) is 11.5 Å². The molecule has 78 valence electrons. The van der Waals surface area contributed by atoms with Crippen LogP contribution in [0.2, 0.25) is 0 Å². The number of carbonyl (C=O) groups is 1. The van der Waals surface area contributed by atoms with Gasteiger partial charge in [0.1, 0.15) is 5.56 Å². The van der Waals surface area contributed by atoms with Gasteiger partial charge in [-0.25, -0.2) is 0 Å². The summed E-state index contributed by atoms with van der Waals surface area (Å²) in [5.74, 6) is -0.596. The molecule has 1 heterocycles. The summed E-state index contributed by atoms with van der Waals surface area (Å²) in [6, 6.07) is 2.21. The van der Waals surface area contributed by atoms with E-state index >= 15 is 0 Å². The van der Waals surface area contributed by atoms with Crippen LogP contribution in [0.1, 0.15) is 10.4 Å². The number of amides is 1. The van der Waals surface area contributed by atoms with Gasteiger partial charge in [0.15, 0.2) is 5.75 Å². The third-order valence-electron chi connectivity index (χ3n) is 1.83. The first-order valence-electron chi connectivity index (χ1n) is 3.80. The summed E-state index contributed by atoms with van der Waals surface area (Å²) in [7, 11) is 0. The average molecular weight is 211 g/mol. The number of fused-ring (bicyclic) bond motifs is 1. The molecule has 2 rings (SSSR count). The SMILES string of the molecule is NC(=O)c1cc2c(cc1[N+](=O)[O-])ONO2. The molecule has 0 saturated heterocycles. The second-order valence-corrected chi connectivity index (χ2v) is 2.72. The molecule has 0 saturated carbocycles. The predicted molar refractivity (Wildman–Crippen MR) is 46.0 cm³/mol. The zero-order chi connectivity index (χ0) is 11.0. The molecule has 3 N–H and O–H groups in total. The van der Waals surface area contributed by atoms with Crippen molar-refractivity contribution in [3.63, 3.8) is 0 Å². The summed E-state index contributed by atoms with van der Waals surface area (Å²) >= 11 is 0. The predicted octanol–water partition coefficient (Wildman–Crippen LogP) is -0.116. The number of nitro groups is 1. The lowest BCUT2D eigenvalue weighted by Crippen LogP contribution is -2.14. The number of benzene rings is 1. The molecular weight excluding hydrogens is 206 g/mol. The number of nitrogens with two attached hydrogens (primary N) is 1. The van der Waals surface area contributed by atoms with Crippen LogP contribution < -0.4 is 21.1 Å². The van der Waals surface area contributed by atoms with E-state index in [0.717, 1.165) is 12.1 Å². The minimum atomic E-state index is -0.903. The summed E-state index contributed by atoms with van der Waals surface area (Å²) < 4.78 is 0. The molecule has 1 aromatic rings. The fourth-order valence-electron chi connectivity index (χ4n) is 1.17. The second kappa shape index (κ2) is 3.10. The van der Waals surface area contributed by atoms with E-state index in [-0.39, 0.29) is 17.1 Å². The molecule has 0 fully saturated rings. The zero-order valence-electron chi connectivity index (χ0n) is 7.22. The van der Waals surface area contributed by atoms with Crippen LogP contribution in [0, 0.1) is 10.1 Å². The molecule has 0 radical (unpaired) electrons. The van der Waals surface area contributed by atoms with E-state index in [0.29, 0.717) is 0 Å². The van der Waals surface area contributed by atoms with Gasteiger partial charge in [-0.05, 0) is 0 Å². The Hall–Kier alpha value is -2.35. The Balaban J connectivity index is 2.62. The van der Waals surface area contributed by atoms with Crippen molar-refractivity contribution in [3.05, 3.63) is 27.8 Å². The fraction of sp³-hybridized carbons (Fsp3) is 0. The van der Waals surface area contributed by atoms with Crippen molar-refractivity contribution in [2.45, 2.75) is 0 Å². The Bertz CT molecular complexity index is 417. The molecule has 15 heavy (non-hydrogen) atoms. The van der Waals surface area contributed by atoms with Crippen LogP contribution in [0.3, 0.4) is 0 Å². The summed E-state index contributed by atoms with van der Waals surface area (Å²) in [6.45, 7) is 0. The van der Waals surface area contributed by atoms with Gasteiger partial charge >= 0.3 is 0 Å². The minimum absolute atomic E-state index is 0.131. The van der Waals surface area contributed by atoms with Gasteiger partial charge in [0.05, 0.1) is 11.0 Å². The molecule has 1 amide bonds.